The molecule has 3 aromatic rings. The standard InChI is InChI=1S/C14H28O7.3C8H18O4.3C7H8.4C2H6/c1-15-12-14-13-20-9-8-18-5-4-16-2-3-17-6-7-19-10-11-21-14;3*1-9-3-5-11-7-8-12-6-4-10-2;3*1-7-5-3-2-4-6-7;4*1-2/h14H,2-13H2,1H3;3*3-8H2,1-2H3;3*2-6H,1H3;4*1-2H3. The lowest BCUT2D eigenvalue weighted by Gasteiger charge is -2.17. The van der Waals surface area contributed by atoms with Gasteiger partial charge in [-0.1, -0.05) is 163 Å². The molecule has 0 N–H and O–H groups in total. The zero-order valence-electron chi connectivity index (χ0n) is 57.7. The van der Waals surface area contributed by atoms with E-state index in [1.807, 2.05) is 110 Å². The van der Waals surface area contributed by atoms with Crippen LogP contribution in [0.3, 0.4) is 0 Å². The maximum absolute atomic E-state index is 5.65. The number of rotatable bonds is 29. The van der Waals surface area contributed by atoms with E-state index in [1.165, 1.54) is 16.7 Å². The van der Waals surface area contributed by atoms with Crippen LogP contribution >= 0.6 is 0 Å². The third kappa shape index (κ3) is 103. The molecule has 0 aliphatic carbocycles. The number of methoxy groups -OCH3 is 7. The molecule has 0 spiro atoms. The van der Waals surface area contributed by atoms with E-state index in [-0.39, 0.29) is 6.10 Å². The van der Waals surface area contributed by atoms with E-state index in [4.69, 9.17) is 90.0 Å². The highest BCUT2D eigenvalue weighted by Crippen LogP contribution is 1.97. The summed E-state index contributed by atoms with van der Waals surface area (Å²) in [6, 6.07) is 30.8. The van der Waals surface area contributed by atoms with E-state index in [0.717, 1.165) is 0 Å². The summed E-state index contributed by atoms with van der Waals surface area (Å²) in [5.41, 5.74) is 3.97. The molecular weight excluding hydrogens is 1110 g/mol. The number of ether oxygens (including phenoxy) is 19. The van der Waals surface area contributed by atoms with Gasteiger partial charge in [-0.25, -0.2) is 0 Å². The molecule has 19 heteroatoms. The van der Waals surface area contributed by atoms with E-state index in [0.29, 0.717) is 198 Å². The predicted molar refractivity (Wildman–Crippen MR) is 351 cm³/mol. The van der Waals surface area contributed by atoms with Gasteiger partial charge < -0.3 is 90.0 Å². The molecule has 1 unspecified atom stereocenters. The fraction of sp³-hybridized carbons (Fsp3) is 0.731. The van der Waals surface area contributed by atoms with Crippen molar-refractivity contribution in [2.24, 2.45) is 0 Å². The molecule has 0 saturated carbocycles. The van der Waals surface area contributed by atoms with Crippen molar-refractivity contribution >= 4 is 0 Å². The Morgan fingerprint density at radius 2 is 0.465 bits per heavy atom. The minimum absolute atomic E-state index is 0.0860. The zero-order valence-corrected chi connectivity index (χ0v) is 57.7. The summed E-state index contributed by atoms with van der Waals surface area (Å²) in [6.07, 6.45) is -0.0860. The Morgan fingerprint density at radius 3 is 0.651 bits per heavy atom. The normalized spacial score (nSPS) is 13.1. The van der Waals surface area contributed by atoms with Crippen molar-refractivity contribution in [1.82, 2.24) is 0 Å². The van der Waals surface area contributed by atoms with Crippen molar-refractivity contribution in [1.29, 1.82) is 0 Å². The van der Waals surface area contributed by atoms with Gasteiger partial charge in [-0.3, -0.25) is 0 Å². The van der Waals surface area contributed by atoms with Gasteiger partial charge in [-0.05, 0) is 20.8 Å². The van der Waals surface area contributed by atoms with Crippen LogP contribution in [0.25, 0.3) is 0 Å². The van der Waals surface area contributed by atoms with Crippen LogP contribution in [-0.4, -0.2) is 254 Å². The fourth-order valence-corrected chi connectivity index (χ4v) is 5.12. The van der Waals surface area contributed by atoms with Crippen LogP contribution < -0.4 is 0 Å². The minimum Gasteiger partial charge on any atom is -0.382 e. The Morgan fingerprint density at radius 1 is 0.267 bits per heavy atom. The maximum atomic E-state index is 5.65. The van der Waals surface area contributed by atoms with E-state index in [2.05, 4.69) is 57.2 Å². The highest BCUT2D eigenvalue weighted by Gasteiger charge is 2.09. The fourth-order valence-electron chi connectivity index (χ4n) is 5.12. The molecule has 1 heterocycles. The highest BCUT2D eigenvalue weighted by molar-refractivity contribution is 5.13. The second-order valence-electron chi connectivity index (χ2n) is 16.1. The first-order valence-electron chi connectivity index (χ1n) is 30.8. The summed E-state index contributed by atoms with van der Waals surface area (Å²) in [4.78, 5) is 0. The lowest BCUT2D eigenvalue weighted by Crippen LogP contribution is -2.28. The van der Waals surface area contributed by atoms with Crippen molar-refractivity contribution in [2.45, 2.75) is 82.3 Å². The quantitative estimate of drug-likeness (QED) is 0.0599. The topological polar surface area (TPSA) is 175 Å². The first kappa shape index (κ1) is 96.5. The van der Waals surface area contributed by atoms with E-state index in [1.54, 1.807) is 49.8 Å². The molecule has 3 aromatic carbocycles. The van der Waals surface area contributed by atoms with Crippen molar-refractivity contribution in [2.75, 3.05) is 248 Å². The lowest BCUT2D eigenvalue weighted by atomic mass is 10.2. The maximum Gasteiger partial charge on any atom is 0.104 e. The van der Waals surface area contributed by atoms with Crippen molar-refractivity contribution < 1.29 is 90.0 Å². The number of hydrogen-bond acceptors (Lipinski definition) is 19. The monoisotopic (exact) mass is 1240 g/mol. The molecule has 0 bridgehead atoms. The zero-order chi connectivity index (χ0) is 65.6. The molecule has 1 fully saturated rings. The van der Waals surface area contributed by atoms with Crippen LogP contribution in [0.4, 0.5) is 0 Å². The van der Waals surface area contributed by atoms with Gasteiger partial charge in [0.2, 0.25) is 0 Å². The smallest absolute Gasteiger partial charge is 0.104 e. The SMILES string of the molecule is CC.CC.CC.CC.COCC1COCCOCCOCCOCCOCCO1.COCCOCCOCCOC.COCCOCCOCCOC.COCCOCCOCCOC.Cc1ccccc1.Cc1ccccc1.Cc1ccccc1. The summed E-state index contributed by atoms with van der Waals surface area (Å²) < 4.78 is 97.6. The molecule has 4 rings (SSSR count). The molecule has 86 heavy (non-hydrogen) atoms. The first-order chi connectivity index (χ1) is 42.4. The Labute approximate surface area is 526 Å². The van der Waals surface area contributed by atoms with Crippen LogP contribution in [-0.2, 0) is 90.0 Å². The Bertz CT molecular complexity index is 1260. The number of hydrogen-bond donors (Lipinski definition) is 0. The summed E-state index contributed by atoms with van der Waals surface area (Å²) in [7, 11) is 11.6. The van der Waals surface area contributed by atoms with Gasteiger partial charge in [0.1, 0.15) is 6.10 Å². The van der Waals surface area contributed by atoms with Gasteiger partial charge in [0.15, 0.2) is 0 Å². The average Bonchev–Trinajstić information content (AvgIpc) is 3.55. The van der Waals surface area contributed by atoms with Crippen LogP contribution in [0.2, 0.25) is 0 Å². The Kier molecular flexibility index (Phi) is 113. The van der Waals surface area contributed by atoms with Gasteiger partial charge >= 0.3 is 0 Å². The third-order valence-corrected chi connectivity index (χ3v) is 9.25. The molecule has 1 aliphatic rings. The largest absolute Gasteiger partial charge is 0.382 e. The summed E-state index contributed by atoms with van der Waals surface area (Å²) in [6.45, 7) is 40.0. The van der Waals surface area contributed by atoms with Gasteiger partial charge in [-0.2, -0.15) is 0 Å². The van der Waals surface area contributed by atoms with Gasteiger partial charge in [-0.15, -0.1) is 0 Å². The Balaban J connectivity index is -0.000000171. The Hall–Kier alpha value is -3.10. The second kappa shape index (κ2) is 101. The molecule has 1 aliphatic heterocycles. The highest BCUT2D eigenvalue weighted by atomic mass is 16.6. The van der Waals surface area contributed by atoms with Crippen molar-refractivity contribution in [3.8, 4) is 0 Å². The molecule has 1 saturated heterocycles. The van der Waals surface area contributed by atoms with Crippen LogP contribution in [0, 0.1) is 20.8 Å². The number of benzene rings is 3. The molecule has 512 valence electrons. The molecular formula is C67H130O19. The summed E-state index contributed by atoms with van der Waals surface area (Å²) in [5, 5.41) is 0. The summed E-state index contributed by atoms with van der Waals surface area (Å²) in [5.74, 6) is 0. The van der Waals surface area contributed by atoms with Gasteiger partial charge in [0.25, 0.3) is 0 Å². The second-order valence-corrected chi connectivity index (χ2v) is 16.1. The van der Waals surface area contributed by atoms with Crippen LogP contribution in [0.1, 0.15) is 72.1 Å². The van der Waals surface area contributed by atoms with Crippen molar-refractivity contribution in [3.05, 3.63) is 108 Å². The average molecular weight is 1240 g/mol. The van der Waals surface area contributed by atoms with Crippen molar-refractivity contribution in [3.63, 3.8) is 0 Å². The summed E-state index contributed by atoms with van der Waals surface area (Å²) >= 11 is 0. The van der Waals surface area contributed by atoms with Gasteiger partial charge in [0.05, 0.1) is 198 Å². The number of aryl methyl sites for hydroxylation is 3. The van der Waals surface area contributed by atoms with Crippen LogP contribution in [0.5, 0.6) is 0 Å². The first-order valence-corrected chi connectivity index (χ1v) is 30.8. The van der Waals surface area contributed by atoms with E-state index >= 15 is 0 Å². The molecule has 0 radical (unpaired) electrons. The third-order valence-electron chi connectivity index (χ3n) is 9.25. The van der Waals surface area contributed by atoms with Gasteiger partial charge in [0, 0.05) is 49.8 Å². The molecule has 19 nitrogen and oxygen atoms in total. The predicted octanol–water partition coefficient (Wildman–Crippen LogP) is 11.1. The van der Waals surface area contributed by atoms with E-state index < -0.39 is 0 Å². The van der Waals surface area contributed by atoms with E-state index in [9.17, 15) is 0 Å². The van der Waals surface area contributed by atoms with Crippen LogP contribution in [0.15, 0.2) is 91.0 Å². The minimum atomic E-state index is -0.0860. The molecule has 0 aromatic heterocycles. The lowest BCUT2D eigenvalue weighted by molar-refractivity contribution is -0.0791. The molecule has 0 amide bonds. The molecule has 1 atom stereocenters.